The van der Waals surface area contributed by atoms with Gasteiger partial charge in [-0.3, -0.25) is 4.90 Å². The fourth-order valence-electron chi connectivity index (χ4n) is 4.55. The number of piperidine rings is 2. The van der Waals surface area contributed by atoms with Gasteiger partial charge in [-0.15, -0.1) is 0 Å². The zero-order valence-corrected chi connectivity index (χ0v) is 16.5. The van der Waals surface area contributed by atoms with Gasteiger partial charge in [0.25, 0.3) is 0 Å². The second kappa shape index (κ2) is 8.17. The van der Waals surface area contributed by atoms with Crippen LogP contribution in [0, 0.1) is 5.92 Å². The normalized spacial score (nSPS) is 24.3. The molecule has 0 unspecified atom stereocenters. The highest BCUT2D eigenvalue weighted by molar-refractivity contribution is 6.42. The van der Waals surface area contributed by atoms with Gasteiger partial charge in [0.05, 0.1) is 10.0 Å². The molecule has 26 heavy (non-hydrogen) atoms. The lowest BCUT2D eigenvalue weighted by molar-refractivity contribution is 0.0786. The summed E-state index contributed by atoms with van der Waals surface area (Å²) in [7, 11) is 0. The van der Waals surface area contributed by atoms with Crippen molar-refractivity contribution in [2.24, 2.45) is 5.92 Å². The first kappa shape index (κ1) is 18.1. The monoisotopic (exact) mass is 385 g/mol. The number of fused-ring (bicyclic) bond motifs is 1. The molecule has 2 atom stereocenters. The van der Waals surface area contributed by atoms with Gasteiger partial charge in [-0.1, -0.05) is 72.1 Å². The lowest BCUT2D eigenvalue weighted by Crippen LogP contribution is -2.47. The van der Waals surface area contributed by atoms with Crippen LogP contribution in [0.3, 0.4) is 0 Å². The third kappa shape index (κ3) is 3.86. The summed E-state index contributed by atoms with van der Waals surface area (Å²) in [6.07, 6.45) is 9.12. The molecule has 0 N–H and O–H groups in total. The van der Waals surface area contributed by atoms with Gasteiger partial charge in [-0.2, -0.15) is 0 Å². The largest absolute Gasteiger partial charge is 0.300 e. The molecular weight excluding hydrogens is 361 g/mol. The van der Waals surface area contributed by atoms with Gasteiger partial charge in [0.15, 0.2) is 0 Å². The van der Waals surface area contributed by atoms with Gasteiger partial charge < -0.3 is 0 Å². The molecule has 136 valence electrons. The molecule has 2 saturated heterocycles. The van der Waals surface area contributed by atoms with Crippen LogP contribution >= 0.6 is 23.2 Å². The van der Waals surface area contributed by atoms with E-state index in [-0.39, 0.29) is 0 Å². The Morgan fingerprint density at radius 1 is 0.846 bits per heavy atom. The van der Waals surface area contributed by atoms with Gasteiger partial charge in [-0.05, 0) is 73.5 Å². The summed E-state index contributed by atoms with van der Waals surface area (Å²) < 4.78 is 0. The molecule has 0 bridgehead atoms. The molecule has 0 amide bonds. The Morgan fingerprint density at radius 2 is 1.65 bits per heavy atom. The van der Waals surface area contributed by atoms with Crippen LogP contribution in [0.1, 0.15) is 43.2 Å². The molecule has 1 nitrogen and oxygen atoms in total. The maximum atomic E-state index is 6.33. The fraction of sp³-hybridized carbons (Fsp3) is 0.391. The van der Waals surface area contributed by atoms with Crippen molar-refractivity contribution in [3.63, 3.8) is 0 Å². The Morgan fingerprint density at radius 3 is 2.46 bits per heavy atom. The molecule has 2 aliphatic heterocycles. The van der Waals surface area contributed by atoms with E-state index < -0.39 is 0 Å². The maximum absolute atomic E-state index is 6.33. The van der Waals surface area contributed by atoms with E-state index in [9.17, 15) is 0 Å². The molecule has 2 aromatic carbocycles. The van der Waals surface area contributed by atoms with Crippen molar-refractivity contribution in [1.29, 1.82) is 0 Å². The molecular formula is C23H25Cl2N. The summed E-state index contributed by atoms with van der Waals surface area (Å²) in [4.78, 5) is 2.71. The average Bonchev–Trinajstić information content (AvgIpc) is 2.69. The van der Waals surface area contributed by atoms with E-state index in [0.717, 1.165) is 5.56 Å². The second-order valence-electron chi connectivity index (χ2n) is 7.48. The maximum Gasteiger partial charge on any atom is 0.0598 e. The molecule has 2 aliphatic rings. The molecule has 0 aliphatic carbocycles. The first-order chi connectivity index (χ1) is 12.7. The van der Waals surface area contributed by atoms with Gasteiger partial charge in [0.2, 0.25) is 0 Å². The summed E-state index contributed by atoms with van der Waals surface area (Å²) in [5, 5.41) is 1.23. The minimum Gasteiger partial charge on any atom is -0.300 e. The molecule has 0 aromatic heterocycles. The van der Waals surface area contributed by atoms with Gasteiger partial charge >= 0.3 is 0 Å². The zero-order chi connectivity index (χ0) is 17.9. The topological polar surface area (TPSA) is 3.24 Å². The molecule has 0 saturated carbocycles. The van der Waals surface area contributed by atoms with Gasteiger partial charge in [0, 0.05) is 6.04 Å². The van der Waals surface area contributed by atoms with E-state index in [1.165, 1.54) is 56.3 Å². The van der Waals surface area contributed by atoms with E-state index in [1.807, 2.05) is 12.1 Å². The van der Waals surface area contributed by atoms with Crippen LogP contribution in [-0.4, -0.2) is 24.0 Å². The summed E-state index contributed by atoms with van der Waals surface area (Å²) >= 11 is 12.5. The number of benzene rings is 2. The first-order valence-electron chi connectivity index (χ1n) is 9.69. The van der Waals surface area contributed by atoms with Gasteiger partial charge in [0.1, 0.15) is 0 Å². The quantitative estimate of drug-likeness (QED) is 0.568. The molecule has 2 aromatic rings. The molecule has 2 fully saturated rings. The molecule has 0 radical (unpaired) electrons. The number of rotatable bonds is 3. The van der Waals surface area contributed by atoms with Crippen LogP contribution in [-0.2, 0) is 0 Å². The summed E-state index contributed by atoms with van der Waals surface area (Å²) in [5.74, 6) is 0.605. The van der Waals surface area contributed by atoms with Crippen molar-refractivity contribution in [3.05, 3.63) is 75.8 Å². The van der Waals surface area contributed by atoms with E-state index in [4.69, 9.17) is 23.2 Å². The van der Waals surface area contributed by atoms with Crippen molar-refractivity contribution in [2.75, 3.05) is 13.1 Å². The average molecular weight is 386 g/mol. The van der Waals surface area contributed by atoms with Crippen molar-refractivity contribution in [1.82, 2.24) is 4.90 Å². The lowest BCUT2D eigenvalue weighted by Gasteiger charge is -2.43. The van der Waals surface area contributed by atoms with Crippen LogP contribution in [0.5, 0.6) is 0 Å². The number of halogens is 2. The smallest absolute Gasteiger partial charge is 0.0598 e. The number of hydrogen-bond acceptors (Lipinski definition) is 1. The van der Waals surface area contributed by atoms with Crippen molar-refractivity contribution in [2.45, 2.75) is 38.1 Å². The summed E-state index contributed by atoms with van der Waals surface area (Å²) in [5.41, 5.74) is 3.68. The number of hydrogen-bond donors (Lipinski definition) is 0. The van der Waals surface area contributed by atoms with Crippen LogP contribution in [0.4, 0.5) is 0 Å². The van der Waals surface area contributed by atoms with Crippen LogP contribution in [0.25, 0.3) is 5.57 Å². The standard InChI is InChI=1S/C23H25Cl2N/c24-21-12-11-18(16-22(21)25)20(17-7-2-1-3-8-17)15-19-9-6-14-26-13-5-4-10-23(19)26/h1-3,7-8,11-12,15-16,19,23H,4-6,9-10,13-14H2/b20-15-/t19-,23+/m0/s1. The van der Waals surface area contributed by atoms with Gasteiger partial charge in [-0.25, -0.2) is 0 Å². The highest BCUT2D eigenvalue weighted by Gasteiger charge is 2.32. The minimum atomic E-state index is 0.605. The van der Waals surface area contributed by atoms with Crippen molar-refractivity contribution in [3.8, 4) is 0 Å². The Balaban J connectivity index is 1.74. The third-order valence-electron chi connectivity index (χ3n) is 5.84. The SMILES string of the molecule is Clc1ccc(/C(=C\[C@@H]2CCCN3CCCC[C@H]23)c2ccccc2)cc1Cl. The molecule has 2 heterocycles. The third-order valence-corrected chi connectivity index (χ3v) is 6.58. The van der Waals surface area contributed by atoms with Crippen LogP contribution in [0.2, 0.25) is 10.0 Å². The highest BCUT2D eigenvalue weighted by atomic mass is 35.5. The van der Waals surface area contributed by atoms with Crippen molar-refractivity contribution < 1.29 is 0 Å². The lowest BCUT2D eigenvalue weighted by atomic mass is 9.81. The highest BCUT2D eigenvalue weighted by Crippen LogP contribution is 2.36. The second-order valence-corrected chi connectivity index (χ2v) is 8.29. The first-order valence-corrected chi connectivity index (χ1v) is 10.4. The number of nitrogens with zero attached hydrogens (tertiary/aromatic N) is 1. The van der Waals surface area contributed by atoms with E-state index in [2.05, 4.69) is 47.4 Å². The molecule has 4 rings (SSSR count). The fourth-order valence-corrected chi connectivity index (χ4v) is 4.85. The summed E-state index contributed by atoms with van der Waals surface area (Å²) in [6.45, 7) is 2.53. The Labute approximate surface area is 166 Å². The van der Waals surface area contributed by atoms with Crippen molar-refractivity contribution >= 4 is 28.8 Å². The predicted molar refractivity (Wildman–Crippen MR) is 112 cm³/mol. The summed E-state index contributed by atoms with van der Waals surface area (Å²) in [6, 6.07) is 17.4. The van der Waals surface area contributed by atoms with E-state index in [1.54, 1.807) is 0 Å². The Bertz CT molecular complexity index is 782. The molecule has 0 spiro atoms. The van der Waals surface area contributed by atoms with E-state index >= 15 is 0 Å². The Kier molecular flexibility index (Phi) is 5.69. The van der Waals surface area contributed by atoms with Crippen LogP contribution in [0.15, 0.2) is 54.6 Å². The van der Waals surface area contributed by atoms with Crippen LogP contribution < -0.4 is 0 Å². The minimum absolute atomic E-state index is 0.605. The Hall–Kier alpha value is -1.28. The molecule has 3 heteroatoms. The predicted octanol–water partition coefficient (Wildman–Crippen LogP) is 6.69. The zero-order valence-electron chi connectivity index (χ0n) is 15.0. The van der Waals surface area contributed by atoms with E-state index in [0.29, 0.717) is 22.0 Å².